The maximum Gasteiger partial charge on any atom is 0.238 e. The standard InChI is InChI=1S/C11H16ClN3O3S/c1-6(7(2)13)11(16)15-10-5-8(19(14,17)18)3-4-9(10)12/h3-7H,13H2,1-2H3,(H,15,16)(H2,14,17,18). The molecule has 0 heterocycles. The van der Waals surface area contributed by atoms with Crippen molar-refractivity contribution < 1.29 is 13.2 Å². The quantitative estimate of drug-likeness (QED) is 0.766. The van der Waals surface area contributed by atoms with Gasteiger partial charge in [0.15, 0.2) is 0 Å². The smallest absolute Gasteiger partial charge is 0.238 e. The molecule has 0 aliphatic rings. The second-order valence-electron chi connectivity index (χ2n) is 4.32. The Labute approximate surface area is 117 Å². The van der Waals surface area contributed by atoms with E-state index in [2.05, 4.69) is 5.32 Å². The summed E-state index contributed by atoms with van der Waals surface area (Å²) in [6, 6.07) is 3.50. The first-order chi connectivity index (χ1) is 8.62. The molecule has 2 unspecified atom stereocenters. The van der Waals surface area contributed by atoms with Crippen molar-refractivity contribution in [2.24, 2.45) is 16.8 Å². The maximum absolute atomic E-state index is 11.8. The fraction of sp³-hybridized carbons (Fsp3) is 0.364. The van der Waals surface area contributed by atoms with Crippen molar-refractivity contribution in [3.05, 3.63) is 23.2 Å². The molecule has 0 saturated carbocycles. The molecular formula is C11H16ClN3O3S. The van der Waals surface area contributed by atoms with Crippen LogP contribution in [-0.2, 0) is 14.8 Å². The Morgan fingerprint density at radius 1 is 1.37 bits per heavy atom. The first-order valence-electron chi connectivity index (χ1n) is 5.51. The number of primary sulfonamides is 1. The lowest BCUT2D eigenvalue weighted by Gasteiger charge is -2.16. The van der Waals surface area contributed by atoms with Gasteiger partial charge in [0, 0.05) is 6.04 Å². The van der Waals surface area contributed by atoms with Gasteiger partial charge in [-0.05, 0) is 25.1 Å². The SMILES string of the molecule is CC(N)C(C)C(=O)Nc1cc(S(N)(=O)=O)ccc1Cl. The van der Waals surface area contributed by atoms with Crippen LogP contribution in [0, 0.1) is 5.92 Å². The number of hydrogen-bond acceptors (Lipinski definition) is 4. The number of carbonyl (C=O) groups is 1. The van der Waals surface area contributed by atoms with E-state index in [-0.39, 0.29) is 27.6 Å². The summed E-state index contributed by atoms with van der Waals surface area (Å²) in [5, 5.41) is 7.76. The van der Waals surface area contributed by atoms with E-state index in [1.54, 1.807) is 13.8 Å². The lowest BCUT2D eigenvalue weighted by molar-refractivity contribution is -0.119. The molecule has 0 fully saturated rings. The van der Waals surface area contributed by atoms with Crippen LogP contribution in [0.3, 0.4) is 0 Å². The predicted molar refractivity (Wildman–Crippen MR) is 74.3 cm³/mol. The van der Waals surface area contributed by atoms with Gasteiger partial charge in [-0.3, -0.25) is 4.79 Å². The van der Waals surface area contributed by atoms with Gasteiger partial charge < -0.3 is 11.1 Å². The second-order valence-corrected chi connectivity index (χ2v) is 6.29. The number of halogens is 1. The Morgan fingerprint density at radius 2 is 1.95 bits per heavy atom. The lowest BCUT2D eigenvalue weighted by atomic mass is 10.0. The number of nitrogens with one attached hydrogen (secondary N) is 1. The van der Waals surface area contributed by atoms with Crippen molar-refractivity contribution in [3.63, 3.8) is 0 Å². The van der Waals surface area contributed by atoms with Crippen molar-refractivity contribution >= 4 is 33.2 Å². The van der Waals surface area contributed by atoms with Crippen LogP contribution in [0.2, 0.25) is 5.02 Å². The topological polar surface area (TPSA) is 115 Å². The summed E-state index contributed by atoms with van der Waals surface area (Å²) in [5.74, 6) is -0.780. The predicted octanol–water partition coefficient (Wildman–Crippen LogP) is 0.909. The second kappa shape index (κ2) is 5.87. The molecule has 1 aromatic carbocycles. The van der Waals surface area contributed by atoms with Crippen LogP contribution in [0.25, 0.3) is 0 Å². The summed E-state index contributed by atoms with van der Waals surface area (Å²) in [7, 11) is -3.85. The molecule has 0 aliphatic carbocycles. The zero-order chi connectivity index (χ0) is 14.8. The van der Waals surface area contributed by atoms with Crippen LogP contribution < -0.4 is 16.2 Å². The summed E-state index contributed by atoms with van der Waals surface area (Å²) in [4.78, 5) is 11.7. The van der Waals surface area contributed by atoms with E-state index in [0.29, 0.717) is 0 Å². The molecule has 0 bridgehead atoms. The van der Waals surface area contributed by atoms with Crippen molar-refractivity contribution in [2.75, 3.05) is 5.32 Å². The molecule has 0 aliphatic heterocycles. The van der Waals surface area contributed by atoms with E-state index in [9.17, 15) is 13.2 Å². The van der Waals surface area contributed by atoms with Crippen molar-refractivity contribution in [1.29, 1.82) is 0 Å². The first-order valence-corrected chi connectivity index (χ1v) is 7.44. The number of anilines is 1. The Hall–Kier alpha value is -1.15. The van der Waals surface area contributed by atoms with E-state index in [1.165, 1.54) is 18.2 Å². The number of sulfonamides is 1. The summed E-state index contributed by atoms with van der Waals surface area (Å²) in [5.41, 5.74) is 5.80. The molecule has 0 radical (unpaired) electrons. The molecule has 1 amide bonds. The Bertz CT molecular complexity index is 587. The zero-order valence-corrected chi connectivity index (χ0v) is 12.1. The van der Waals surface area contributed by atoms with Crippen molar-refractivity contribution in [2.45, 2.75) is 24.8 Å². The molecule has 106 valence electrons. The summed E-state index contributed by atoms with van der Waals surface area (Å²) < 4.78 is 22.5. The highest BCUT2D eigenvalue weighted by atomic mass is 35.5. The van der Waals surface area contributed by atoms with Crippen LogP contribution in [0.4, 0.5) is 5.69 Å². The van der Waals surface area contributed by atoms with Gasteiger partial charge in [0.2, 0.25) is 15.9 Å². The third-order valence-electron chi connectivity index (χ3n) is 2.73. The largest absolute Gasteiger partial charge is 0.327 e. The number of benzene rings is 1. The third kappa shape index (κ3) is 4.17. The van der Waals surface area contributed by atoms with Crippen molar-refractivity contribution in [3.8, 4) is 0 Å². The van der Waals surface area contributed by atoms with Gasteiger partial charge >= 0.3 is 0 Å². The maximum atomic E-state index is 11.8. The molecule has 6 nitrogen and oxygen atoms in total. The highest BCUT2D eigenvalue weighted by Crippen LogP contribution is 2.25. The van der Waals surface area contributed by atoms with Crippen LogP contribution >= 0.6 is 11.6 Å². The van der Waals surface area contributed by atoms with E-state index < -0.39 is 15.9 Å². The minimum absolute atomic E-state index is 0.124. The van der Waals surface area contributed by atoms with Crippen LogP contribution in [0.1, 0.15) is 13.8 Å². The summed E-state index contributed by atoms with van der Waals surface area (Å²) in [6.45, 7) is 3.37. The third-order valence-corrected chi connectivity index (χ3v) is 3.97. The number of hydrogen-bond donors (Lipinski definition) is 3. The number of carbonyl (C=O) groups excluding carboxylic acids is 1. The summed E-state index contributed by atoms with van der Waals surface area (Å²) in [6.07, 6.45) is 0. The molecule has 2 atom stereocenters. The van der Waals surface area contributed by atoms with E-state index in [4.69, 9.17) is 22.5 Å². The minimum Gasteiger partial charge on any atom is -0.327 e. The van der Waals surface area contributed by atoms with E-state index >= 15 is 0 Å². The number of amides is 1. The molecule has 19 heavy (non-hydrogen) atoms. The average Bonchev–Trinajstić information content (AvgIpc) is 2.29. The number of nitrogens with two attached hydrogens (primary N) is 2. The van der Waals surface area contributed by atoms with Gasteiger partial charge in [0.25, 0.3) is 0 Å². The molecular weight excluding hydrogens is 290 g/mol. The number of rotatable bonds is 4. The molecule has 0 spiro atoms. The van der Waals surface area contributed by atoms with E-state index in [1.807, 2.05) is 0 Å². The van der Waals surface area contributed by atoms with Crippen LogP contribution in [0.15, 0.2) is 23.1 Å². The Kier molecular flexibility index (Phi) is 4.92. The van der Waals surface area contributed by atoms with E-state index in [0.717, 1.165) is 0 Å². The van der Waals surface area contributed by atoms with Gasteiger partial charge in [-0.15, -0.1) is 0 Å². The normalized spacial score (nSPS) is 14.8. The van der Waals surface area contributed by atoms with Gasteiger partial charge in [0.05, 0.1) is 21.5 Å². The van der Waals surface area contributed by atoms with Crippen LogP contribution in [0.5, 0.6) is 0 Å². The molecule has 5 N–H and O–H groups in total. The van der Waals surface area contributed by atoms with Crippen LogP contribution in [-0.4, -0.2) is 20.4 Å². The van der Waals surface area contributed by atoms with Gasteiger partial charge in [-0.2, -0.15) is 0 Å². The minimum atomic E-state index is -3.85. The first kappa shape index (κ1) is 15.9. The fourth-order valence-electron chi connectivity index (χ4n) is 1.26. The highest BCUT2D eigenvalue weighted by molar-refractivity contribution is 7.89. The van der Waals surface area contributed by atoms with Crippen molar-refractivity contribution in [1.82, 2.24) is 0 Å². The van der Waals surface area contributed by atoms with Gasteiger partial charge in [-0.1, -0.05) is 18.5 Å². The fourth-order valence-corrected chi connectivity index (χ4v) is 1.97. The zero-order valence-electron chi connectivity index (χ0n) is 10.6. The Balaban J connectivity index is 3.05. The summed E-state index contributed by atoms with van der Waals surface area (Å²) >= 11 is 5.89. The van der Waals surface area contributed by atoms with Gasteiger partial charge in [-0.25, -0.2) is 13.6 Å². The average molecular weight is 306 g/mol. The van der Waals surface area contributed by atoms with Gasteiger partial charge in [0.1, 0.15) is 0 Å². The monoisotopic (exact) mass is 305 g/mol. The Morgan fingerprint density at radius 3 is 2.42 bits per heavy atom. The molecule has 8 heteroatoms. The lowest BCUT2D eigenvalue weighted by Crippen LogP contribution is -2.34. The molecule has 0 aromatic heterocycles. The highest BCUT2D eigenvalue weighted by Gasteiger charge is 2.19. The molecule has 0 saturated heterocycles. The molecule has 1 aromatic rings. The molecule has 1 rings (SSSR count).